The summed E-state index contributed by atoms with van der Waals surface area (Å²) >= 11 is 1.67. The second-order valence-corrected chi connectivity index (χ2v) is 4.72. The highest BCUT2D eigenvalue weighted by atomic mass is 32.2. The van der Waals surface area contributed by atoms with E-state index in [4.69, 9.17) is 4.74 Å². The molecular weight excluding hydrogens is 220 g/mol. The van der Waals surface area contributed by atoms with E-state index in [1.807, 2.05) is 18.2 Å². The summed E-state index contributed by atoms with van der Waals surface area (Å²) in [6.45, 7) is 2.61. The van der Waals surface area contributed by atoms with Gasteiger partial charge in [0, 0.05) is 16.2 Å². The van der Waals surface area contributed by atoms with Crippen molar-refractivity contribution in [1.29, 1.82) is 0 Å². The van der Waals surface area contributed by atoms with Crippen LogP contribution in [0.25, 0.3) is 0 Å². The van der Waals surface area contributed by atoms with E-state index in [0.717, 1.165) is 23.3 Å². The molecule has 0 unspecified atom stereocenters. The van der Waals surface area contributed by atoms with Crippen LogP contribution in [0, 0.1) is 0 Å². The fraction of sp³-hybridized carbons (Fsp3) is 0.308. The Morgan fingerprint density at radius 1 is 1.38 bits per heavy atom. The molecular formula is C13H14O2S. The van der Waals surface area contributed by atoms with Crippen molar-refractivity contribution in [3.05, 3.63) is 40.8 Å². The molecule has 0 atom stereocenters. The van der Waals surface area contributed by atoms with Gasteiger partial charge < -0.3 is 4.74 Å². The lowest BCUT2D eigenvalue weighted by Gasteiger charge is -2.06. The van der Waals surface area contributed by atoms with Crippen molar-refractivity contribution in [2.45, 2.75) is 24.7 Å². The van der Waals surface area contributed by atoms with Crippen LogP contribution in [0.5, 0.6) is 0 Å². The van der Waals surface area contributed by atoms with Gasteiger partial charge in [0.05, 0.1) is 12.2 Å². The summed E-state index contributed by atoms with van der Waals surface area (Å²) in [5.41, 5.74) is 0.858. The van der Waals surface area contributed by atoms with Gasteiger partial charge in [-0.3, -0.25) is 0 Å². The first-order chi connectivity index (χ1) is 7.81. The second-order valence-electron chi connectivity index (χ2n) is 3.56. The third kappa shape index (κ3) is 2.47. The third-order valence-corrected chi connectivity index (χ3v) is 3.76. The molecule has 2 nitrogen and oxygen atoms in total. The Hall–Kier alpha value is -1.22. The molecule has 2 rings (SSSR count). The van der Waals surface area contributed by atoms with Gasteiger partial charge in [-0.2, -0.15) is 0 Å². The van der Waals surface area contributed by atoms with Gasteiger partial charge in [-0.1, -0.05) is 36.9 Å². The SMILES string of the molecule is CC/C(Sc1ccccc1)=C1\CCOC1=O. The summed E-state index contributed by atoms with van der Waals surface area (Å²) in [4.78, 5) is 13.8. The van der Waals surface area contributed by atoms with Crippen molar-refractivity contribution < 1.29 is 9.53 Å². The van der Waals surface area contributed by atoms with E-state index in [-0.39, 0.29) is 5.97 Å². The summed E-state index contributed by atoms with van der Waals surface area (Å²) in [5.74, 6) is -0.139. The van der Waals surface area contributed by atoms with Gasteiger partial charge in [0.1, 0.15) is 0 Å². The number of benzene rings is 1. The number of allylic oxidation sites excluding steroid dienone is 1. The van der Waals surface area contributed by atoms with Gasteiger partial charge in [-0.25, -0.2) is 4.79 Å². The summed E-state index contributed by atoms with van der Waals surface area (Å²) in [6, 6.07) is 10.1. The molecule has 1 aromatic carbocycles. The summed E-state index contributed by atoms with van der Waals surface area (Å²) in [6.07, 6.45) is 1.63. The van der Waals surface area contributed by atoms with E-state index in [1.54, 1.807) is 11.8 Å². The Labute approximate surface area is 99.7 Å². The topological polar surface area (TPSA) is 26.3 Å². The van der Waals surface area contributed by atoms with Gasteiger partial charge in [0.25, 0.3) is 0 Å². The van der Waals surface area contributed by atoms with Crippen LogP contribution < -0.4 is 0 Å². The molecule has 0 aliphatic carbocycles. The lowest BCUT2D eigenvalue weighted by Crippen LogP contribution is -1.97. The highest BCUT2D eigenvalue weighted by Crippen LogP contribution is 2.34. The number of rotatable bonds is 3. The number of carbonyl (C=O) groups excluding carboxylic acids is 1. The number of hydrogen-bond acceptors (Lipinski definition) is 3. The molecule has 3 heteroatoms. The van der Waals surface area contributed by atoms with E-state index < -0.39 is 0 Å². The number of hydrogen-bond donors (Lipinski definition) is 0. The largest absolute Gasteiger partial charge is 0.462 e. The second kappa shape index (κ2) is 5.21. The number of ether oxygens (including phenoxy) is 1. The van der Waals surface area contributed by atoms with Crippen molar-refractivity contribution in [1.82, 2.24) is 0 Å². The average molecular weight is 234 g/mol. The molecule has 0 amide bonds. The van der Waals surface area contributed by atoms with Gasteiger partial charge in [0.15, 0.2) is 0 Å². The van der Waals surface area contributed by atoms with E-state index >= 15 is 0 Å². The summed E-state index contributed by atoms with van der Waals surface area (Å²) in [5, 5.41) is 0. The van der Waals surface area contributed by atoms with Gasteiger partial charge in [0.2, 0.25) is 0 Å². The van der Waals surface area contributed by atoms with E-state index in [9.17, 15) is 4.79 Å². The van der Waals surface area contributed by atoms with E-state index in [1.165, 1.54) is 4.90 Å². The minimum atomic E-state index is -0.139. The van der Waals surface area contributed by atoms with Gasteiger partial charge in [-0.15, -0.1) is 0 Å². The van der Waals surface area contributed by atoms with Crippen LogP contribution in [0.2, 0.25) is 0 Å². The van der Waals surface area contributed by atoms with Gasteiger partial charge >= 0.3 is 5.97 Å². The quantitative estimate of drug-likeness (QED) is 0.455. The fourth-order valence-corrected chi connectivity index (χ4v) is 2.70. The third-order valence-electron chi connectivity index (χ3n) is 2.47. The van der Waals surface area contributed by atoms with Crippen molar-refractivity contribution in [3.8, 4) is 0 Å². The van der Waals surface area contributed by atoms with Crippen LogP contribution >= 0.6 is 11.8 Å². The number of esters is 1. The van der Waals surface area contributed by atoms with Crippen LogP contribution in [0.1, 0.15) is 19.8 Å². The van der Waals surface area contributed by atoms with Crippen molar-refractivity contribution >= 4 is 17.7 Å². The molecule has 1 heterocycles. The Morgan fingerprint density at radius 2 is 2.12 bits per heavy atom. The molecule has 0 N–H and O–H groups in total. The Bertz CT molecular complexity index is 409. The standard InChI is InChI=1S/C13H14O2S/c1-2-12(11-8-9-15-13(11)14)16-10-6-4-3-5-7-10/h3-7H,2,8-9H2,1H3/b12-11-. The zero-order chi connectivity index (χ0) is 11.4. The van der Waals surface area contributed by atoms with Crippen molar-refractivity contribution in [2.24, 2.45) is 0 Å². The zero-order valence-electron chi connectivity index (χ0n) is 9.23. The van der Waals surface area contributed by atoms with E-state index in [0.29, 0.717) is 6.61 Å². The molecule has 1 saturated heterocycles. The molecule has 1 aliphatic rings. The van der Waals surface area contributed by atoms with Gasteiger partial charge in [-0.05, 0) is 18.6 Å². The minimum Gasteiger partial charge on any atom is -0.462 e. The Balaban J connectivity index is 2.21. The van der Waals surface area contributed by atoms with Crippen molar-refractivity contribution in [3.63, 3.8) is 0 Å². The average Bonchev–Trinajstić information content (AvgIpc) is 2.74. The van der Waals surface area contributed by atoms with E-state index in [2.05, 4.69) is 19.1 Å². The monoisotopic (exact) mass is 234 g/mol. The molecule has 0 bridgehead atoms. The smallest absolute Gasteiger partial charge is 0.334 e. The Kier molecular flexibility index (Phi) is 3.67. The number of cyclic esters (lactones) is 1. The normalized spacial score (nSPS) is 18.4. The fourth-order valence-electron chi connectivity index (χ4n) is 1.67. The van der Waals surface area contributed by atoms with Crippen molar-refractivity contribution in [2.75, 3.05) is 6.61 Å². The van der Waals surface area contributed by atoms with Crippen LogP contribution in [-0.4, -0.2) is 12.6 Å². The first-order valence-corrected chi connectivity index (χ1v) is 6.25. The zero-order valence-corrected chi connectivity index (χ0v) is 10.0. The van der Waals surface area contributed by atoms with Crippen LogP contribution in [0.15, 0.2) is 45.7 Å². The first-order valence-electron chi connectivity index (χ1n) is 5.43. The predicted molar refractivity (Wildman–Crippen MR) is 65.2 cm³/mol. The van der Waals surface area contributed by atoms with Crippen LogP contribution in [0.4, 0.5) is 0 Å². The molecule has 16 heavy (non-hydrogen) atoms. The maximum absolute atomic E-state index is 11.5. The highest BCUT2D eigenvalue weighted by molar-refractivity contribution is 8.03. The number of thioether (sulfide) groups is 1. The molecule has 0 saturated carbocycles. The molecule has 84 valence electrons. The molecule has 0 radical (unpaired) electrons. The molecule has 1 aromatic rings. The summed E-state index contributed by atoms with van der Waals surface area (Å²) in [7, 11) is 0. The summed E-state index contributed by atoms with van der Waals surface area (Å²) < 4.78 is 4.98. The lowest BCUT2D eigenvalue weighted by atomic mass is 10.2. The maximum atomic E-state index is 11.5. The first kappa shape index (κ1) is 11.3. The minimum absolute atomic E-state index is 0.139. The maximum Gasteiger partial charge on any atom is 0.334 e. The molecule has 0 aromatic heterocycles. The van der Waals surface area contributed by atoms with Crippen LogP contribution in [0.3, 0.4) is 0 Å². The lowest BCUT2D eigenvalue weighted by molar-refractivity contribution is -0.135. The molecule has 1 fully saturated rings. The van der Waals surface area contributed by atoms with Crippen LogP contribution in [-0.2, 0) is 9.53 Å². The molecule has 1 aliphatic heterocycles. The molecule has 0 spiro atoms. The highest BCUT2D eigenvalue weighted by Gasteiger charge is 2.22. The number of carbonyl (C=O) groups is 1. The Morgan fingerprint density at radius 3 is 2.69 bits per heavy atom. The predicted octanol–water partition coefficient (Wildman–Crippen LogP) is 3.39.